The summed E-state index contributed by atoms with van der Waals surface area (Å²) in [5.41, 5.74) is 4.71. The molecule has 1 fully saturated rings. The highest BCUT2D eigenvalue weighted by Crippen LogP contribution is 2.34. The molecule has 1 aliphatic heterocycles. The molecule has 29 heavy (non-hydrogen) atoms. The van der Waals surface area contributed by atoms with E-state index in [4.69, 9.17) is 9.47 Å². The number of anilines is 1. The van der Waals surface area contributed by atoms with Crippen LogP contribution in [0, 0.1) is 12.7 Å². The van der Waals surface area contributed by atoms with E-state index < -0.39 is 0 Å². The number of aromatic amines is 1. The molecule has 1 aromatic heterocycles. The van der Waals surface area contributed by atoms with Gasteiger partial charge in [-0.1, -0.05) is 0 Å². The Kier molecular flexibility index (Phi) is 5.62. The minimum Gasteiger partial charge on any atom is -0.493 e. The maximum Gasteiger partial charge on any atom is 0.162 e. The van der Waals surface area contributed by atoms with Crippen molar-refractivity contribution < 1.29 is 13.9 Å². The average Bonchev–Trinajstić information content (AvgIpc) is 3.06. The summed E-state index contributed by atoms with van der Waals surface area (Å²) in [5, 5.41) is 1.20. The number of hydrogen-bond donors (Lipinski definition) is 1. The van der Waals surface area contributed by atoms with Crippen LogP contribution in [0.15, 0.2) is 36.4 Å². The number of H-pyrrole nitrogens is 1. The summed E-state index contributed by atoms with van der Waals surface area (Å²) < 4.78 is 24.0. The van der Waals surface area contributed by atoms with Crippen LogP contribution in [0.5, 0.6) is 11.5 Å². The Bertz CT molecular complexity index is 976. The van der Waals surface area contributed by atoms with E-state index in [9.17, 15) is 4.39 Å². The minimum atomic E-state index is -0.185. The molecule has 3 aromatic rings. The zero-order valence-electron chi connectivity index (χ0n) is 17.3. The Morgan fingerprint density at radius 1 is 0.966 bits per heavy atom. The molecule has 0 aliphatic carbocycles. The van der Waals surface area contributed by atoms with Gasteiger partial charge in [-0.2, -0.15) is 0 Å². The Hall–Kier alpha value is -2.73. The zero-order valence-corrected chi connectivity index (χ0v) is 17.3. The molecule has 0 amide bonds. The first kappa shape index (κ1) is 19.6. The normalized spacial score (nSPS) is 15.1. The van der Waals surface area contributed by atoms with Crippen molar-refractivity contribution in [1.82, 2.24) is 9.88 Å². The number of nitrogens with one attached hydrogen (secondary N) is 1. The van der Waals surface area contributed by atoms with Crippen molar-refractivity contribution in [2.75, 3.05) is 51.8 Å². The molecule has 0 saturated carbocycles. The molecule has 6 heteroatoms. The van der Waals surface area contributed by atoms with Gasteiger partial charge in [0.05, 0.1) is 14.2 Å². The third kappa shape index (κ3) is 4.03. The molecule has 1 aliphatic rings. The molecule has 0 bridgehead atoms. The van der Waals surface area contributed by atoms with Crippen molar-refractivity contribution in [1.29, 1.82) is 0 Å². The number of aromatic nitrogens is 1. The van der Waals surface area contributed by atoms with Crippen molar-refractivity contribution in [3.8, 4) is 11.5 Å². The van der Waals surface area contributed by atoms with Crippen LogP contribution in [0.3, 0.4) is 0 Å². The molecule has 1 saturated heterocycles. The Labute approximate surface area is 171 Å². The number of ether oxygens (including phenoxy) is 2. The third-order valence-corrected chi connectivity index (χ3v) is 5.87. The van der Waals surface area contributed by atoms with Gasteiger partial charge in [0.25, 0.3) is 0 Å². The molecule has 0 radical (unpaired) electrons. The van der Waals surface area contributed by atoms with E-state index in [0.29, 0.717) is 0 Å². The number of aryl methyl sites for hydroxylation is 1. The largest absolute Gasteiger partial charge is 0.493 e. The van der Waals surface area contributed by atoms with E-state index in [2.05, 4.69) is 27.8 Å². The number of halogens is 1. The first-order valence-electron chi connectivity index (χ1n) is 10.0. The smallest absolute Gasteiger partial charge is 0.162 e. The van der Waals surface area contributed by atoms with Gasteiger partial charge in [-0.25, -0.2) is 4.39 Å². The molecule has 5 nitrogen and oxygen atoms in total. The van der Waals surface area contributed by atoms with Crippen LogP contribution < -0.4 is 14.4 Å². The summed E-state index contributed by atoms with van der Waals surface area (Å²) in [6, 6.07) is 10.9. The van der Waals surface area contributed by atoms with Crippen LogP contribution >= 0.6 is 0 Å². The van der Waals surface area contributed by atoms with Crippen LogP contribution in [0.2, 0.25) is 0 Å². The average molecular weight is 397 g/mol. The fourth-order valence-corrected chi connectivity index (χ4v) is 4.19. The van der Waals surface area contributed by atoms with Crippen molar-refractivity contribution in [3.63, 3.8) is 0 Å². The number of rotatable bonds is 6. The highest BCUT2D eigenvalue weighted by Gasteiger charge is 2.19. The molecule has 154 valence electrons. The number of nitrogens with zero attached hydrogens (tertiary/aromatic N) is 2. The molecular formula is C23H28FN3O2. The predicted molar refractivity (Wildman–Crippen MR) is 115 cm³/mol. The zero-order chi connectivity index (χ0) is 20.4. The van der Waals surface area contributed by atoms with E-state index in [1.54, 1.807) is 14.2 Å². The van der Waals surface area contributed by atoms with E-state index in [0.717, 1.165) is 61.8 Å². The second kappa shape index (κ2) is 8.33. The molecule has 0 unspecified atom stereocenters. The third-order valence-electron chi connectivity index (χ3n) is 5.87. The summed E-state index contributed by atoms with van der Waals surface area (Å²) >= 11 is 0. The molecule has 0 spiro atoms. The number of hydrogen-bond acceptors (Lipinski definition) is 4. The Balaban J connectivity index is 1.41. The first-order valence-corrected chi connectivity index (χ1v) is 10.0. The van der Waals surface area contributed by atoms with Gasteiger partial charge in [-0.3, -0.25) is 4.90 Å². The second-order valence-electron chi connectivity index (χ2n) is 7.54. The van der Waals surface area contributed by atoms with E-state index in [-0.39, 0.29) is 5.82 Å². The van der Waals surface area contributed by atoms with Gasteiger partial charge in [-0.05, 0) is 49.2 Å². The topological polar surface area (TPSA) is 40.7 Å². The second-order valence-corrected chi connectivity index (χ2v) is 7.54. The lowest BCUT2D eigenvalue weighted by Gasteiger charge is -2.36. The maximum absolute atomic E-state index is 13.1. The van der Waals surface area contributed by atoms with E-state index in [1.165, 1.54) is 28.8 Å². The summed E-state index contributed by atoms with van der Waals surface area (Å²) in [6.07, 6.45) is 0.984. The standard InChI is InChI=1S/C23H28FN3O2/c1-16-19(20-14-22(28-2)23(29-3)15-21(20)25-16)8-9-26-10-12-27(13-11-26)18-6-4-17(24)5-7-18/h4-7,14-15,25H,8-13H2,1-3H3. The van der Waals surface area contributed by atoms with Gasteiger partial charge >= 0.3 is 0 Å². The van der Waals surface area contributed by atoms with Crippen LogP contribution in [-0.2, 0) is 6.42 Å². The van der Waals surface area contributed by atoms with Crippen molar-refractivity contribution in [2.45, 2.75) is 13.3 Å². The maximum atomic E-state index is 13.1. The van der Waals surface area contributed by atoms with Gasteiger partial charge in [0.1, 0.15) is 5.82 Å². The van der Waals surface area contributed by atoms with Crippen LogP contribution in [0.1, 0.15) is 11.3 Å². The van der Waals surface area contributed by atoms with Gasteiger partial charge in [0, 0.05) is 61.1 Å². The minimum absolute atomic E-state index is 0.185. The number of fused-ring (bicyclic) bond motifs is 1. The SMILES string of the molecule is COc1cc2[nH]c(C)c(CCN3CCN(c4ccc(F)cc4)CC3)c2cc1OC. The first-order chi connectivity index (χ1) is 14.1. The van der Waals surface area contributed by atoms with Crippen LogP contribution in [0.4, 0.5) is 10.1 Å². The van der Waals surface area contributed by atoms with E-state index >= 15 is 0 Å². The predicted octanol–water partition coefficient (Wildman–Crippen LogP) is 4.00. The number of piperazine rings is 1. The van der Waals surface area contributed by atoms with Crippen molar-refractivity contribution in [3.05, 3.63) is 53.5 Å². The van der Waals surface area contributed by atoms with Crippen LogP contribution in [-0.4, -0.2) is 56.8 Å². The molecule has 1 N–H and O–H groups in total. The summed E-state index contributed by atoms with van der Waals surface area (Å²) in [4.78, 5) is 8.30. The Morgan fingerprint density at radius 2 is 1.62 bits per heavy atom. The fraction of sp³-hybridized carbons (Fsp3) is 0.391. The molecule has 2 heterocycles. The lowest BCUT2D eigenvalue weighted by molar-refractivity contribution is 0.261. The summed E-state index contributed by atoms with van der Waals surface area (Å²) in [6.45, 7) is 7.08. The van der Waals surface area contributed by atoms with Gasteiger partial charge in [-0.15, -0.1) is 0 Å². The molecule has 0 atom stereocenters. The van der Waals surface area contributed by atoms with Crippen LogP contribution in [0.25, 0.3) is 10.9 Å². The lowest BCUT2D eigenvalue weighted by atomic mass is 10.1. The fourth-order valence-electron chi connectivity index (χ4n) is 4.19. The number of benzene rings is 2. The van der Waals surface area contributed by atoms with Gasteiger partial charge in [0.15, 0.2) is 11.5 Å². The van der Waals surface area contributed by atoms with Crippen molar-refractivity contribution >= 4 is 16.6 Å². The highest BCUT2D eigenvalue weighted by atomic mass is 19.1. The Morgan fingerprint density at radius 3 is 2.28 bits per heavy atom. The van der Waals surface area contributed by atoms with Crippen molar-refractivity contribution in [2.24, 2.45) is 0 Å². The van der Waals surface area contributed by atoms with Gasteiger partial charge in [0.2, 0.25) is 0 Å². The quantitative estimate of drug-likeness (QED) is 0.683. The summed E-state index contributed by atoms with van der Waals surface area (Å²) in [5.74, 6) is 1.31. The lowest BCUT2D eigenvalue weighted by Crippen LogP contribution is -2.47. The summed E-state index contributed by atoms with van der Waals surface area (Å²) in [7, 11) is 3.33. The molecule has 4 rings (SSSR count). The van der Waals surface area contributed by atoms with Gasteiger partial charge < -0.3 is 19.4 Å². The van der Waals surface area contributed by atoms with E-state index in [1.807, 2.05) is 18.2 Å². The molecule has 2 aromatic carbocycles. The highest BCUT2D eigenvalue weighted by molar-refractivity contribution is 5.88. The molecular weight excluding hydrogens is 369 g/mol. The monoisotopic (exact) mass is 397 g/mol. The number of methoxy groups -OCH3 is 2.